The molecule has 1 heterocycles. The molecule has 0 saturated carbocycles. The second kappa shape index (κ2) is 10.3. The summed E-state index contributed by atoms with van der Waals surface area (Å²) in [5, 5.41) is 11.3. The molecule has 0 radical (unpaired) electrons. The smallest absolute Gasteiger partial charge is 0.344 e. The van der Waals surface area contributed by atoms with Crippen LogP contribution >= 0.6 is 0 Å². The van der Waals surface area contributed by atoms with E-state index in [-0.39, 0.29) is 5.75 Å². The molecule has 30 heavy (non-hydrogen) atoms. The van der Waals surface area contributed by atoms with Crippen molar-refractivity contribution in [2.24, 2.45) is 0 Å². The second-order valence-electron chi connectivity index (χ2n) is 7.64. The fraction of sp³-hybridized carbons (Fsp3) is 0.400. The van der Waals surface area contributed by atoms with Crippen LogP contribution in [0.2, 0.25) is 0 Å². The normalized spacial score (nSPS) is 11.3. The molecule has 5 heteroatoms. The van der Waals surface area contributed by atoms with Crippen molar-refractivity contribution in [3.05, 3.63) is 58.4 Å². The highest BCUT2D eigenvalue weighted by atomic mass is 16.5. The number of ether oxygens (including phenoxy) is 1. The van der Waals surface area contributed by atoms with Gasteiger partial charge in [0.05, 0.1) is 18.2 Å². The van der Waals surface area contributed by atoms with E-state index in [2.05, 4.69) is 18.7 Å². The van der Waals surface area contributed by atoms with Crippen LogP contribution in [0.3, 0.4) is 0 Å². The molecule has 0 fully saturated rings. The summed E-state index contributed by atoms with van der Waals surface area (Å²) < 4.78 is 10.9. The molecule has 0 aliphatic carbocycles. The molecule has 0 aliphatic rings. The van der Waals surface area contributed by atoms with E-state index in [0.29, 0.717) is 23.3 Å². The summed E-state index contributed by atoms with van der Waals surface area (Å²) in [6, 6.07) is 12.7. The third-order valence-corrected chi connectivity index (χ3v) is 5.42. The Hall–Kier alpha value is -2.79. The van der Waals surface area contributed by atoms with Crippen LogP contribution in [-0.2, 0) is 6.54 Å². The SMILES string of the molecule is CCCCN(CCCC)Cc1c(O)ccc2cc(-c3ccc(OC)cc3)c(=O)oc12. The van der Waals surface area contributed by atoms with E-state index in [1.807, 2.05) is 30.3 Å². The van der Waals surface area contributed by atoms with Crippen LogP contribution in [0.1, 0.15) is 45.1 Å². The van der Waals surface area contributed by atoms with Gasteiger partial charge in [0.1, 0.15) is 17.1 Å². The molecule has 0 aliphatic heterocycles. The van der Waals surface area contributed by atoms with Gasteiger partial charge in [0.2, 0.25) is 0 Å². The zero-order valence-electron chi connectivity index (χ0n) is 18.1. The van der Waals surface area contributed by atoms with Crippen LogP contribution in [0.25, 0.3) is 22.1 Å². The zero-order chi connectivity index (χ0) is 21.5. The van der Waals surface area contributed by atoms with Crippen molar-refractivity contribution in [1.82, 2.24) is 4.90 Å². The van der Waals surface area contributed by atoms with Crippen molar-refractivity contribution in [3.8, 4) is 22.6 Å². The minimum absolute atomic E-state index is 0.167. The van der Waals surface area contributed by atoms with Gasteiger partial charge in [-0.15, -0.1) is 0 Å². The summed E-state index contributed by atoms with van der Waals surface area (Å²) >= 11 is 0. The number of phenols is 1. The molecule has 0 saturated heterocycles. The van der Waals surface area contributed by atoms with E-state index in [1.54, 1.807) is 19.2 Å². The molecule has 3 aromatic rings. The Balaban J connectivity index is 2.00. The van der Waals surface area contributed by atoms with Gasteiger partial charge in [-0.05, 0) is 61.8 Å². The lowest BCUT2D eigenvalue weighted by Gasteiger charge is -2.23. The number of rotatable bonds is 10. The van der Waals surface area contributed by atoms with E-state index in [4.69, 9.17) is 9.15 Å². The first-order valence-electron chi connectivity index (χ1n) is 10.7. The Morgan fingerprint density at radius 1 is 1.00 bits per heavy atom. The standard InChI is InChI=1S/C25H31NO4/c1-4-6-14-26(15-7-5-2)17-22-23(27)13-10-19-16-21(25(28)30-24(19)22)18-8-11-20(29-3)12-9-18/h8-13,16,27H,4-7,14-15,17H2,1-3H3. The third kappa shape index (κ3) is 5.03. The summed E-state index contributed by atoms with van der Waals surface area (Å²) in [5.74, 6) is 0.899. The van der Waals surface area contributed by atoms with Crippen molar-refractivity contribution in [3.63, 3.8) is 0 Å². The summed E-state index contributed by atoms with van der Waals surface area (Å²) in [6.07, 6.45) is 4.43. The average Bonchev–Trinajstić information content (AvgIpc) is 2.77. The monoisotopic (exact) mass is 409 g/mol. The van der Waals surface area contributed by atoms with Crippen molar-refractivity contribution < 1.29 is 14.3 Å². The Bertz CT molecular complexity index is 1020. The van der Waals surface area contributed by atoms with Gasteiger partial charge >= 0.3 is 5.63 Å². The number of aromatic hydroxyl groups is 1. The maximum atomic E-state index is 12.8. The molecule has 0 bridgehead atoms. The molecule has 160 valence electrons. The molecule has 3 rings (SSSR count). The number of methoxy groups -OCH3 is 1. The molecular formula is C25H31NO4. The largest absolute Gasteiger partial charge is 0.507 e. The first kappa shape index (κ1) is 21.9. The maximum Gasteiger partial charge on any atom is 0.344 e. The number of nitrogens with zero attached hydrogens (tertiary/aromatic N) is 1. The maximum absolute atomic E-state index is 12.8. The molecule has 0 spiro atoms. The van der Waals surface area contributed by atoms with E-state index < -0.39 is 5.63 Å². The summed E-state index contributed by atoms with van der Waals surface area (Å²) in [4.78, 5) is 15.1. The molecule has 0 amide bonds. The highest BCUT2D eigenvalue weighted by Gasteiger charge is 2.16. The lowest BCUT2D eigenvalue weighted by atomic mass is 10.0. The number of hydrogen-bond donors (Lipinski definition) is 1. The first-order chi connectivity index (χ1) is 14.6. The molecule has 1 aromatic heterocycles. The van der Waals surface area contributed by atoms with Gasteiger partial charge in [-0.1, -0.05) is 38.8 Å². The highest BCUT2D eigenvalue weighted by Crippen LogP contribution is 2.30. The summed E-state index contributed by atoms with van der Waals surface area (Å²) in [7, 11) is 1.61. The fourth-order valence-electron chi connectivity index (χ4n) is 3.61. The number of phenolic OH excluding ortho intramolecular Hbond substituents is 1. The van der Waals surface area contributed by atoms with Gasteiger partial charge in [-0.2, -0.15) is 0 Å². The minimum atomic E-state index is -0.409. The summed E-state index contributed by atoms with van der Waals surface area (Å²) in [6.45, 7) is 6.83. The van der Waals surface area contributed by atoms with Gasteiger partial charge in [0.25, 0.3) is 0 Å². The highest BCUT2D eigenvalue weighted by molar-refractivity contribution is 5.85. The van der Waals surface area contributed by atoms with E-state index in [1.165, 1.54) is 0 Å². The van der Waals surface area contributed by atoms with Crippen LogP contribution in [-0.4, -0.2) is 30.2 Å². The summed E-state index contributed by atoms with van der Waals surface area (Å²) in [5.41, 5.74) is 2.01. The van der Waals surface area contributed by atoms with Crippen LogP contribution in [0.5, 0.6) is 11.5 Å². The fourth-order valence-corrected chi connectivity index (χ4v) is 3.61. The Kier molecular flexibility index (Phi) is 7.52. The lowest BCUT2D eigenvalue weighted by Crippen LogP contribution is -2.25. The average molecular weight is 410 g/mol. The molecular weight excluding hydrogens is 378 g/mol. The topological polar surface area (TPSA) is 62.9 Å². The molecule has 5 nitrogen and oxygen atoms in total. The van der Waals surface area contributed by atoms with Crippen LogP contribution < -0.4 is 10.4 Å². The van der Waals surface area contributed by atoms with E-state index in [9.17, 15) is 9.90 Å². The van der Waals surface area contributed by atoms with Crippen molar-refractivity contribution in [2.75, 3.05) is 20.2 Å². The number of fused-ring (bicyclic) bond motifs is 1. The predicted molar refractivity (Wildman–Crippen MR) is 121 cm³/mol. The Labute approximate surface area is 177 Å². The van der Waals surface area contributed by atoms with Crippen molar-refractivity contribution in [2.45, 2.75) is 46.1 Å². The Morgan fingerprint density at radius 2 is 1.67 bits per heavy atom. The molecule has 1 N–H and O–H groups in total. The van der Waals surface area contributed by atoms with Crippen molar-refractivity contribution in [1.29, 1.82) is 0 Å². The number of benzene rings is 2. The Morgan fingerprint density at radius 3 is 2.27 bits per heavy atom. The number of unbranched alkanes of at least 4 members (excludes halogenated alkanes) is 2. The lowest BCUT2D eigenvalue weighted by molar-refractivity contribution is 0.253. The second-order valence-corrected chi connectivity index (χ2v) is 7.64. The quantitative estimate of drug-likeness (QED) is 0.443. The van der Waals surface area contributed by atoms with E-state index >= 15 is 0 Å². The van der Waals surface area contributed by atoms with Gasteiger partial charge in [-0.25, -0.2) is 4.79 Å². The van der Waals surface area contributed by atoms with Gasteiger partial charge in [0.15, 0.2) is 0 Å². The van der Waals surface area contributed by atoms with Crippen LogP contribution in [0, 0.1) is 0 Å². The van der Waals surface area contributed by atoms with Crippen LogP contribution in [0.4, 0.5) is 0 Å². The molecule has 0 atom stereocenters. The van der Waals surface area contributed by atoms with Gasteiger partial charge in [0, 0.05) is 11.9 Å². The first-order valence-corrected chi connectivity index (χ1v) is 10.7. The van der Waals surface area contributed by atoms with Gasteiger partial charge < -0.3 is 14.3 Å². The minimum Gasteiger partial charge on any atom is -0.507 e. The molecule has 0 unspecified atom stereocenters. The molecule has 2 aromatic carbocycles. The van der Waals surface area contributed by atoms with Crippen LogP contribution in [0.15, 0.2) is 51.7 Å². The van der Waals surface area contributed by atoms with E-state index in [0.717, 1.165) is 55.5 Å². The van der Waals surface area contributed by atoms with Gasteiger partial charge in [-0.3, -0.25) is 4.90 Å². The number of hydrogen-bond acceptors (Lipinski definition) is 5. The predicted octanol–water partition coefficient (Wildman–Crippen LogP) is 5.58. The third-order valence-electron chi connectivity index (χ3n) is 5.42. The zero-order valence-corrected chi connectivity index (χ0v) is 18.1. The van der Waals surface area contributed by atoms with Crippen molar-refractivity contribution >= 4 is 11.0 Å².